The molecule has 0 aliphatic heterocycles. The van der Waals surface area contributed by atoms with Crippen LogP contribution in [0, 0.1) is 28.9 Å². The maximum atomic E-state index is 15.5. The number of rotatable bonds is 8. The van der Waals surface area contributed by atoms with Crippen LogP contribution in [0.5, 0.6) is 17.4 Å². The maximum absolute atomic E-state index is 15.5. The van der Waals surface area contributed by atoms with E-state index in [1.165, 1.54) is 49.3 Å². The van der Waals surface area contributed by atoms with Crippen LogP contribution in [-0.4, -0.2) is 29.9 Å². The Balaban J connectivity index is 1.70. The first-order valence-electron chi connectivity index (χ1n) is 11.2. The summed E-state index contributed by atoms with van der Waals surface area (Å²) in [5.41, 5.74) is 1.18. The normalized spacial score (nSPS) is 10.5. The summed E-state index contributed by atoms with van der Waals surface area (Å²) in [5.74, 6) is -5.64. The molecule has 0 aliphatic carbocycles. The lowest BCUT2D eigenvalue weighted by Crippen LogP contribution is -2.22. The van der Waals surface area contributed by atoms with Gasteiger partial charge in [-0.3, -0.25) is 4.79 Å². The quantitative estimate of drug-likeness (QED) is 0.237. The van der Waals surface area contributed by atoms with E-state index in [-0.39, 0.29) is 34.1 Å². The molecule has 0 N–H and O–H groups in total. The Morgan fingerprint density at radius 3 is 2.39 bits per heavy atom. The van der Waals surface area contributed by atoms with Crippen LogP contribution in [0.1, 0.15) is 21.5 Å². The molecule has 0 atom stereocenters. The highest BCUT2D eigenvalue weighted by molar-refractivity contribution is 7.99. The standard InChI is InChI=1S/C28H20F3N3O3S/c1-34(2)28(35)19-10-6-7-11-22(19)38-25-23(29)26(31)33-27(24(25)30)37-21-14-18(15-32)12-13-20(21)36-16-17-8-4-3-5-9-17/h3-14H,16H2,1-2H3. The maximum Gasteiger partial charge on any atom is 0.260 e. The zero-order chi connectivity index (χ0) is 27.2. The Morgan fingerprint density at radius 1 is 0.974 bits per heavy atom. The molecular formula is C28H20F3N3O3S. The van der Waals surface area contributed by atoms with Gasteiger partial charge in [-0.25, -0.2) is 4.39 Å². The zero-order valence-corrected chi connectivity index (χ0v) is 21.1. The summed E-state index contributed by atoms with van der Waals surface area (Å²) in [6.07, 6.45) is 0. The van der Waals surface area contributed by atoms with E-state index < -0.39 is 34.3 Å². The molecule has 10 heteroatoms. The predicted octanol–water partition coefficient (Wildman–Crippen LogP) is 6.59. The highest BCUT2D eigenvalue weighted by Gasteiger charge is 2.26. The molecular weight excluding hydrogens is 515 g/mol. The number of pyridine rings is 1. The molecule has 0 spiro atoms. The Morgan fingerprint density at radius 2 is 1.68 bits per heavy atom. The van der Waals surface area contributed by atoms with Gasteiger partial charge in [-0.2, -0.15) is 19.0 Å². The van der Waals surface area contributed by atoms with E-state index in [4.69, 9.17) is 9.47 Å². The van der Waals surface area contributed by atoms with E-state index in [9.17, 15) is 18.8 Å². The van der Waals surface area contributed by atoms with Crippen molar-refractivity contribution in [3.8, 4) is 23.4 Å². The number of aromatic nitrogens is 1. The molecule has 1 amide bonds. The predicted molar refractivity (Wildman–Crippen MR) is 135 cm³/mol. The molecule has 1 heterocycles. The molecule has 0 unspecified atom stereocenters. The first-order chi connectivity index (χ1) is 18.3. The summed E-state index contributed by atoms with van der Waals surface area (Å²) >= 11 is 0.530. The Hall–Kier alpha value is -4.49. The molecule has 0 saturated heterocycles. The number of amides is 1. The second-order valence-corrected chi connectivity index (χ2v) is 9.16. The van der Waals surface area contributed by atoms with Crippen LogP contribution < -0.4 is 9.47 Å². The summed E-state index contributed by atoms with van der Waals surface area (Å²) in [7, 11) is 3.08. The fourth-order valence-electron chi connectivity index (χ4n) is 3.33. The molecule has 0 radical (unpaired) electrons. The third kappa shape index (κ3) is 5.90. The average molecular weight is 536 g/mol. The Kier molecular flexibility index (Phi) is 8.19. The van der Waals surface area contributed by atoms with Crippen LogP contribution >= 0.6 is 11.8 Å². The minimum atomic E-state index is -1.59. The number of carbonyl (C=O) groups is 1. The lowest BCUT2D eigenvalue weighted by molar-refractivity contribution is 0.0824. The Labute approximate surface area is 221 Å². The molecule has 0 aliphatic rings. The van der Waals surface area contributed by atoms with Crippen LogP contribution in [0.4, 0.5) is 13.2 Å². The van der Waals surface area contributed by atoms with Gasteiger partial charge in [0, 0.05) is 25.1 Å². The number of hydrogen-bond acceptors (Lipinski definition) is 6. The van der Waals surface area contributed by atoms with Gasteiger partial charge in [-0.05, 0) is 29.8 Å². The van der Waals surface area contributed by atoms with Gasteiger partial charge in [0.15, 0.2) is 17.3 Å². The fourth-order valence-corrected chi connectivity index (χ4v) is 4.31. The molecule has 1 aromatic heterocycles. The molecule has 0 saturated carbocycles. The highest BCUT2D eigenvalue weighted by atomic mass is 32.2. The van der Waals surface area contributed by atoms with E-state index in [1.807, 2.05) is 36.4 Å². The van der Waals surface area contributed by atoms with Crippen LogP contribution in [0.2, 0.25) is 0 Å². The van der Waals surface area contributed by atoms with Gasteiger partial charge in [0.1, 0.15) is 6.61 Å². The van der Waals surface area contributed by atoms with Crippen LogP contribution in [0.25, 0.3) is 0 Å². The van der Waals surface area contributed by atoms with Crippen molar-refractivity contribution in [2.75, 3.05) is 14.1 Å². The van der Waals surface area contributed by atoms with E-state index in [0.717, 1.165) is 5.56 Å². The number of carbonyl (C=O) groups excluding carboxylic acids is 1. The van der Waals surface area contributed by atoms with Gasteiger partial charge in [-0.15, -0.1) is 0 Å². The minimum Gasteiger partial charge on any atom is -0.485 e. The summed E-state index contributed by atoms with van der Waals surface area (Å²) in [6, 6.07) is 21.5. The van der Waals surface area contributed by atoms with Crippen LogP contribution in [-0.2, 0) is 6.61 Å². The van der Waals surface area contributed by atoms with Gasteiger partial charge in [0.2, 0.25) is 5.82 Å². The molecule has 3 aromatic carbocycles. The lowest BCUT2D eigenvalue weighted by atomic mass is 10.2. The number of hydrogen-bond donors (Lipinski definition) is 0. The smallest absolute Gasteiger partial charge is 0.260 e. The van der Waals surface area contributed by atoms with Gasteiger partial charge >= 0.3 is 0 Å². The van der Waals surface area contributed by atoms with Gasteiger partial charge in [0.25, 0.3) is 17.7 Å². The van der Waals surface area contributed by atoms with E-state index >= 15 is 4.39 Å². The van der Waals surface area contributed by atoms with Crippen molar-refractivity contribution in [3.05, 3.63) is 107 Å². The van der Waals surface area contributed by atoms with Crippen molar-refractivity contribution in [2.45, 2.75) is 16.4 Å². The summed E-state index contributed by atoms with van der Waals surface area (Å²) in [6.45, 7) is 0.134. The Bertz CT molecular complexity index is 1530. The van der Waals surface area contributed by atoms with Crippen molar-refractivity contribution in [3.63, 3.8) is 0 Å². The van der Waals surface area contributed by atoms with Crippen LogP contribution in [0.3, 0.4) is 0 Å². The average Bonchev–Trinajstić information content (AvgIpc) is 2.93. The van der Waals surface area contributed by atoms with Gasteiger partial charge < -0.3 is 14.4 Å². The van der Waals surface area contributed by atoms with Crippen LogP contribution in [0.15, 0.2) is 82.6 Å². The van der Waals surface area contributed by atoms with E-state index in [1.54, 1.807) is 12.1 Å². The van der Waals surface area contributed by atoms with E-state index in [0.29, 0.717) is 11.8 Å². The molecule has 4 aromatic rings. The molecule has 6 nitrogen and oxygen atoms in total. The van der Waals surface area contributed by atoms with Crippen molar-refractivity contribution < 1.29 is 27.4 Å². The fraction of sp³-hybridized carbons (Fsp3) is 0.107. The SMILES string of the molecule is CN(C)C(=O)c1ccccc1Sc1c(F)c(F)nc(Oc2cc(C#N)ccc2OCc2ccccc2)c1F. The second-order valence-electron chi connectivity index (χ2n) is 8.11. The molecule has 192 valence electrons. The van der Waals surface area contributed by atoms with Crippen molar-refractivity contribution in [2.24, 2.45) is 0 Å². The largest absolute Gasteiger partial charge is 0.485 e. The molecule has 0 bridgehead atoms. The third-order valence-corrected chi connectivity index (χ3v) is 6.36. The van der Waals surface area contributed by atoms with Gasteiger partial charge in [-0.1, -0.05) is 54.2 Å². The first-order valence-corrected chi connectivity index (χ1v) is 12.0. The number of halogens is 3. The molecule has 4 rings (SSSR count). The number of ether oxygens (including phenoxy) is 2. The highest BCUT2D eigenvalue weighted by Crippen LogP contribution is 2.40. The summed E-state index contributed by atoms with van der Waals surface area (Å²) < 4.78 is 56.1. The summed E-state index contributed by atoms with van der Waals surface area (Å²) in [5, 5.41) is 9.30. The van der Waals surface area contributed by atoms with Crippen molar-refractivity contribution in [1.82, 2.24) is 9.88 Å². The van der Waals surface area contributed by atoms with E-state index in [2.05, 4.69) is 4.98 Å². The second kappa shape index (κ2) is 11.7. The first kappa shape index (κ1) is 26.6. The number of benzene rings is 3. The molecule has 38 heavy (non-hydrogen) atoms. The van der Waals surface area contributed by atoms with Gasteiger partial charge in [0.05, 0.1) is 22.1 Å². The van der Waals surface area contributed by atoms with Crippen molar-refractivity contribution >= 4 is 17.7 Å². The third-order valence-electron chi connectivity index (χ3n) is 5.22. The zero-order valence-electron chi connectivity index (χ0n) is 20.2. The minimum absolute atomic E-state index is 0.114. The summed E-state index contributed by atoms with van der Waals surface area (Å²) in [4.78, 5) is 16.6. The molecule has 0 fully saturated rings. The lowest BCUT2D eigenvalue weighted by Gasteiger charge is -2.16. The monoisotopic (exact) mass is 535 g/mol. The topological polar surface area (TPSA) is 75.5 Å². The van der Waals surface area contributed by atoms with Crippen molar-refractivity contribution in [1.29, 1.82) is 5.26 Å². The number of nitrogens with zero attached hydrogens (tertiary/aromatic N) is 3. The number of nitriles is 1.